The molecule has 3 nitrogen and oxygen atoms in total. The lowest BCUT2D eigenvalue weighted by atomic mass is 9.79. The Labute approximate surface area is 278 Å². The summed E-state index contributed by atoms with van der Waals surface area (Å²) in [5, 5.41) is 2.66. The largest absolute Gasteiger partial charge is 0.344 e. The molecule has 7 rings (SSSR count). The topological polar surface area (TPSA) is 23.3 Å². The van der Waals surface area contributed by atoms with E-state index in [1.807, 2.05) is 0 Å². The van der Waals surface area contributed by atoms with E-state index in [1.54, 1.807) is 0 Å². The molecule has 234 valence electrons. The third-order valence-corrected chi connectivity index (χ3v) is 11.9. The smallest absolute Gasteiger partial charge is 0.212 e. The molecule has 2 saturated carbocycles. The van der Waals surface area contributed by atoms with Crippen molar-refractivity contribution in [1.82, 2.24) is 0 Å². The van der Waals surface area contributed by atoms with Gasteiger partial charge < -0.3 is 4.90 Å². The second-order valence-electron chi connectivity index (χ2n) is 15.2. The Bertz CT molecular complexity index is 1710. The molecule has 2 aliphatic carbocycles. The van der Waals surface area contributed by atoms with Gasteiger partial charge in [0.1, 0.15) is 12.0 Å². The monoisotopic (exact) mass is 663 g/mol. The number of allylic oxidation sites excluding steroid dienone is 4. The molecule has 3 aromatic carbocycles. The normalized spacial score (nSPS) is 22.9. The molecule has 2 heterocycles. The van der Waals surface area contributed by atoms with Crippen LogP contribution in [0.2, 0.25) is 0 Å². The number of hydrogen-bond donors (Lipinski definition) is 0. The molecule has 0 saturated heterocycles. The lowest BCUT2D eigenvalue weighted by Crippen LogP contribution is -2.30. The van der Waals surface area contributed by atoms with Crippen molar-refractivity contribution in [3.05, 3.63) is 94.1 Å². The summed E-state index contributed by atoms with van der Waals surface area (Å²) in [6.07, 6.45) is 15.4. The molecule has 2 fully saturated rings. The van der Waals surface area contributed by atoms with Gasteiger partial charge in [-0.25, -0.2) is 4.58 Å². The highest BCUT2D eigenvalue weighted by molar-refractivity contribution is 9.10. The van der Waals surface area contributed by atoms with Gasteiger partial charge in [-0.15, -0.1) is 0 Å². The van der Waals surface area contributed by atoms with E-state index in [4.69, 9.17) is 0 Å². The van der Waals surface area contributed by atoms with E-state index in [0.717, 1.165) is 17.6 Å². The van der Waals surface area contributed by atoms with Crippen LogP contribution < -0.4 is 4.90 Å². The van der Waals surface area contributed by atoms with Gasteiger partial charge in [0.05, 0.1) is 0 Å². The Morgan fingerprint density at radius 3 is 2.24 bits per heavy atom. The minimum atomic E-state index is -0.508. The highest BCUT2D eigenvalue weighted by atomic mass is 79.9. The SMILES string of the molecule is CC1(C)C(=O)C[N+](CC2CCCC2)=C1C=C(C=C1N(CC2CCCC2)c2ccc3ccccc3c2C1(C)C)c1ccc(Br)cc1. The van der Waals surface area contributed by atoms with Gasteiger partial charge in [-0.05, 0) is 97.2 Å². The summed E-state index contributed by atoms with van der Waals surface area (Å²) < 4.78 is 3.50. The molecule has 0 bridgehead atoms. The van der Waals surface area contributed by atoms with Crippen molar-refractivity contribution in [3.8, 4) is 0 Å². The predicted octanol–water partition coefficient (Wildman–Crippen LogP) is 10.1. The summed E-state index contributed by atoms with van der Waals surface area (Å²) in [5.41, 5.74) is 7.02. The van der Waals surface area contributed by atoms with Gasteiger partial charge in [0.15, 0.2) is 5.71 Å². The van der Waals surface area contributed by atoms with Gasteiger partial charge in [-0.1, -0.05) is 97.9 Å². The summed E-state index contributed by atoms with van der Waals surface area (Å²) in [5.74, 6) is 1.73. The summed E-state index contributed by atoms with van der Waals surface area (Å²) in [6, 6.07) is 22.3. The molecular formula is C41H48BrN2O+. The van der Waals surface area contributed by atoms with Crippen LogP contribution in [-0.2, 0) is 10.2 Å². The summed E-state index contributed by atoms with van der Waals surface area (Å²) >= 11 is 3.67. The zero-order valence-electron chi connectivity index (χ0n) is 27.5. The highest BCUT2D eigenvalue weighted by Gasteiger charge is 2.48. The van der Waals surface area contributed by atoms with E-state index >= 15 is 0 Å². The van der Waals surface area contributed by atoms with Crippen molar-refractivity contribution in [3.63, 3.8) is 0 Å². The van der Waals surface area contributed by atoms with Crippen molar-refractivity contribution in [2.24, 2.45) is 17.3 Å². The zero-order chi connectivity index (χ0) is 31.3. The molecule has 0 aromatic heterocycles. The first-order valence-corrected chi connectivity index (χ1v) is 18.1. The number of Topliss-reactive ketones (excluding diaryl/α,β-unsaturated/α-hetero) is 1. The number of rotatable bonds is 7. The van der Waals surface area contributed by atoms with Crippen LogP contribution in [0.25, 0.3) is 16.3 Å². The highest BCUT2D eigenvalue weighted by Crippen LogP contribution is 2.52. The van der Waals surface area contributed by atoms with Crippen molar-refractivity contribution in [2.45, 2.75) is 84.5 Å². The maximum atomic E-state index is 13.5. The Morgan fingerprint density at radius 2 is 1.53 bits per heavy atom. The number of fused-ring (bicyclic) bond motifs is 3. The van der Waals surface area contributed by atoms with Crippen LogP contribution in [0, 0.1) is 17.3 Å². The van der Waals surface area contributed by atoms with Crippen LogP contribution in [0.3, 0.4) is 0 Å². The molecular weight excluding hydrogens is 616 g/mol. The van der Waals surface area contributed by atoms with Gasteiger partial charge in [0.2, 0.25) is 12.3 Å². The zero-order valence-corrected chi connectivity index (χ0v) is 29.1. The molecule has 0 N–H and O–H groups in total. The average Bonchev–Trinajstić information content (AvgIpc) is 3.80. The van der Waals surface area contributed by atoms with Crippen LogP contribution in [0.5, 0.6) is 0 Å². The van der Waals surface area contributed by atoms with E-state index < -0.39 is 5.41 Å². The Hall–Kier alpha value is -2.98. The number of ketones is 1. The van der Waals surface area contributed by atoms with Gasteiger partial charge in [0.25, 0.3) is 0 Å². The van der Waals surface area contributed by atoms with Crippen molar-refractivity contribution < 1.29 is 9.37 Å². The molecule has 0 amide bonds. The predicted molar refractivity (Wildman–Crippen MR) is 192 cm³/mol. The fraction of sp³-hybridized carbons (Fsp3) is 0.463. The van der Waals surface area contributed by atoms with E-state index in [0.29, 0.717) is 24.2 Å². The quantitative estimate of drug-likeness (QED) is 0.235. The molecule has 4 heteroatoms. The van der Waals surface area contributed by atoms with E-state index in [1.165, 1.54) is 95.9 Å². The maximum absolute atomic E-state index is 13.5. The fourth-order valence-electron chi connectivity index (χ4n) is 8.72. The number of nitrogens with zero attached hydrogens (tertiary/aromatic N) is 2. The van der Waals surface area contributed by atoms with Crippen LogP contribution in [0.4, 0.5) is 5.69 Å². The van der Waals surface area contributed by atoms with Crippen LogP contribution in [0.1, 0.15) is 90.2 Å². The standard InChI is InChI=1S/C41H48BrN2O/c1-40(2)36(43(27-38(40)45)25-28-11-5-6-12-28)23-32(30-17-20-33(42)21-18-30)24-37-41(3,4)39-34-16-10-9-15-31(34)19-22-35(39)44(37)26-29-13-7-8-14-29/h9-10,15-24,28-29H,5-8,11-14,25-27H2,1-4H3/q+1. The number of anilines is 1. The minimum absolute atomic E-state index is 0.182. The second-order valence-corrected chi connectivity index (χ2v) is 16.1. The van der Waals surface area contributed by atoms with Gasteiger partial charge in [0, 0.05) is 39.8 Å². The van der Waals surface area contributed by atoms with Crippen molar-refractivity contribution in [2.75, 3.05) is 24.5 Å². The summed E-state index contributed by atoms with van der Waals surface area (Å²) in [6.45, 7) is 11.7. The molecule has 4 aliphatic rings. The van der Waals surface area contributed by atoms with Crippen molar-refractivity contribution >= 4 is 49.5 Å². The second kappa shape index (κ2) is 12.0. The summed E-state index contributed by atoms with van der Waals surface area (Å²) in [4.78, 5) is 16.2. The Morgan fingerprint density at radius 1 is 0.867 bits per heavy atom. The Kier molecular flexibility index (Phi) is 8.17. The molecule has 3 aromatic rings. The molecule has 0 spiro atoms. The van der Waals surface area contributed by atoms with Crippen molar-refractivity contribution in [1.29, 1.82) is 0 Å². The molecule has 0 radical (unpaired) electrons. The Balaban J connectivity index is 1.42. The number of halogens is 1. The average molecular weight is 665 g/mol. The molecule has 45 heavy (non-hydrogen) atoms. The molecule has 2 aliphatic heterocycles. The first kappa shape index (κ1) is 30.7. The third kappa shape index (κ3) is 5.66. The van der Waals surface area contributed by atoms with Crippen LogP contribution >= 0.6 is 15.9 Å². The third-order valence-electron chi connectivity index (χ3n) is 11.4. The maximum Gasteiger partial charge on any atom is 0.212 e. The molecule has 0 atom stereocenters. The van der Waals surface area contributed by atoms with Crippen LogP contribution in [-0.4, -0.2) is 35.7 Å². The van der Waals surface area contributed by atoms with E-state index in [-0.39, 0.29) is 5.41 Å². The molecule has 0 unspecified atom stereocenters. The van der Waals surface area contributed by atoms with Gasteiger partial charge in [-0.3, -0.25) is 4.79 Å². The number of benzene rings is 3. The number of hydrogen-bond acceptors (Lipinski definition) is 2. The number of carbonyl (C=O) groups is 1. The van der Waals surface area contributed by atoms with E-state index in [2.05, 4.69) is 126 Å². The number of carbonyl (C=O) groups excluding carboxylic acids is 1. The minimum Gasteiger partial charge on any atom is -0.344 e. The summed E-state index contributed by atoms with van der Waals surface area (Å²) in [7, 11) is 0. The first-order chi connectivity index (χ1) is 21.6. The van der Waals surface area contributed by atoms with Gasteiger partial charge >= 0.3 is 0 Å². The lowest BCUT2D eigenvalue weighted by molar-refractivity contribution is -0.518. The van der Waals surface area contributed by atoms with E-state index in [9.17, 15) is 4.79 Å². The van der Waals surface area contributed by atoms with Crippen LogP contribution in [0.15, 0.2) is 83.0 Å². The lowest BCUT2D eigenvalue weighted by Gasteiger charge is -2.30. The van der Waals surface area contributed by atoms with Gasteiger partial charge in [-0.2, -0.15) is 0 Å². The fourth-order valence-corrected chi connectivity index (χ4v) is 8.99. The first-order valence-electron chi connectivity index (χ1n) is 17.3.